The minimum Gasteiger partial charge on any atom is -0.396 e. The molecule has 0 aliphatic rings. The largest absolute Gasteiger partial charge is 0.396 e. The molecule has 1 heterocycles. The second kappa shape index (κ2) is 8.16. The van der Waals surface area contributed by atoms with Crippen molar-refractivity contribution < 1.29 is 9.90 Å². The quantitative estimate of drug-likeness (QED) is 0.624. The molecule has 1 rings (SSSR count). The van der Waals surface area contributed by atoms with Gasteiger partial charge in [-0.25, -0.2) is 0 Å². The molecular formula is C12H21N3O2S. The zero-order chi connectivity index (χ0) is 13.4. The maximum Gasteiger partial charge on any atom is 0.271 e. The monoisotopic (exact) mass is 271 g/mol. The standard InChI is InChI=1S/C12H21N3O2S/c1-9(2)10-8-11(15-14-10)12(17)13-4-7-18-6-3-5-16/h8-9,16H,3-7H2,1-2H3,(H,13,17)(H,14,15). The smallest absolute Gasteiger partial charge is 0.271 e. The normalized spacial score (nSPS) is 10.9. The van der Waals surface area contributed by atoms with Gasteiger partial charge in [-0.3, -0.25) is 9.89 Å². The minimum absolute atomic E-state index is 0.138. The molecule has 18 heavy (non-hydrogen) atoms. The van der Waals surface area contributed by atoms with Crippen LogP contribution in [0, 0.1) is 0 Å². The van der Waals surface area contributed by atoms with E-state index in [9.17, 15) is 4.79 Å². The van der Waals surface area contributed by atoms with Gasteiger partial charge < -0.3 is 10.4 Å². The number of amides is 1. The number of aliphatic hydroxyl groups is 1. The molecule has 3 N–H and O–H groups in total. The highest BCUT2D eigenvalue weighted by Crippen LogP contribution is 2.11. The second-order valence-electron chi connectivity index (χ2n) is 4.31. The maximum absolute atomic E-state index is 11.7. The fourth-order valence-corrected chi connectivity index (χ4v) is 2.13. The van der Waals surface area contributed by atoms with Crippen LogP contribution in [-0.2, 0) is 0 Å². The highest BCUT2D eigenvalue weighted by Gasteiger charge is 2.11. The predicted octanol–water partition coefficient (Wildman–Crippen LogP) is 1.38. The molecular weight excluding hydrogens is 250 g/mol. The third kappa shape index (κ3) is 5.10. The molecule has 0 aliphatic carbocycles. The molecule has 5 nitrogen and oxygen atoms in total. The molecule has 0 fully saturated rings. The van der Waals surface area contributed by atoms with Crippen LogP contribution in [0.5, 0.6) is 0 Å². The molecule has 0 saturated heterocycles. The second-order valence-corrected chi connectivity index (χ2v) is 5.53. The van der Waals surface area contributed by atoms with Gasteiger partial charge in [-0.15, -0.1) is 0 Å². The summed E-state index contributed by atoms with van der Waals surface area (Å²) >= 11 is 1.72. The number of hydrogen-bond donors (Lipinski definition) is 3. The van der Waals surface area contributed by atoms with Gasteiger partial charge >= 0.3 is 0 Å². The van der Waals surface area contributed by atoms with Crippen molar-refractivity contribution in [1.29, 1.82) is 0 Å². The lowest BCUT2D eigenvalue weighted by Gasteiger charge is -2.02. The van der Waals surface area contributed by atoms with E-state index in [4.69, 9.17) is 5.11 Å². The van der Waals surface area contributed by atoms with Crippen LogP contribution in [0.25, 0.3) is 0 Å². The highest BCUT2D eigenvalue weighted by atomic mass is 32.2. The molecule has 0 radical (unpaired) electrons. The van der Waals surface area contributed by atoms with Gasteiger partial charge in [0, 0.05) is 24.6 Å². The van der Waals surface area contributed by atoms with Crippen molar-refractivity contribution in [2.75, 3.05) is 24.7 Å². The van der Waals surface area contributed by atoms with E-state index in [2.05, 4.69) is 15.5 Å². The van der Waals surface area contributed by atoms with Crippen LogP contribution in [0.15, 0.2) is 6.07 Å². The van der Waals surface area contributed by atoms with E-state index in [1.807, 2.05) is 13.8 Å². The van der Waals surface area contributed by atoms with Crippen LogP contribution in [-0.4, -0.2) is 45.9 Å². The Kier molecular flexibility index (Phi) is 6.82. The van der Waals surface area contributed by atoms with Gasteiger partial charge in [0.1, 0.15) is 5.69 Å². The number of carbonyl (C=O) groups excluding carboxylic acids is 1. The van der Waals surface area contributed by atoms with Crippen molar-refractivity contribution in [1.82, 2.24) is 15.5 Å². The number of nitrogens with zero attached hydrogens (tertiary/aromatic N) is 1. The summed E-state index contributed by atoms with van der Waals surface area (Å²) in [6, 6.07) is 1.79. The van der Waals surface area contributed by atoms with Gasteiger partial charge in [0.25, 0.3) is 5.91 Å². The summed E-state index contributed by atoms with van der Waals surface area (Å²) in [5.74, 6) is 1.98. The van der Waals surface area contributed by atoms with Crippen LogP contribution in [0.4, 0.5) is 0 Å². The molecule has 6 heteroatoms. The van der Waals surface area contributed by atoms with Gasteiger partial charge in [-0.05, 0) is 24.2 Å². The number of aromatic nitrogens is 2. The van der Waals surface area contributed by atoms with Crippen molar-refractivity contribution >= 4 is 17.7 Å². The number of rotatable bonds is 8. The van der Waals surface area contributed by atoms with Crippen molar-refractivity contribution in [3.8, 4) is 0 Å². The minimum atomic E-state index is -0.138. The summed E-state index contributed by atoms with van der Waals surface area (Å²) in [5, 5.41) is 18.3. The summed E-state index contributed by atoms with van der Waals surface area (Å²) in [6.45, 7) is 4.95. The molecule has 0 unspecified atom stereocenters. The molecule has 0 spiro atoms. The highest BCUT2D eigenvalue weighted by molar-refractivity contribution is 7.99. The number of H-pyrrole nitrogens is 1. The van der Waals surface area contributed by atoms with Gasteiger partial charge in [-0.2, -0.15) is 16.9 Å². The number of aromatic amines is 1. The molecule has 1 aromatic rings. The van der Waals surface area contributed by atoms with Crippen LogP contribution in [0.3, 0.4) is 0 Å². The van der Waals surface area contributed by atoms with E-state index >= 15 is 0 Å². The summed E-state index contributed by atoms with van der Waals surface area (Å²) in [7, 11) is 0. The SMILES string of the molecule is CC(C)c1cc(C(=O)NCCSCCCO)n[nH]1. The molecule has 1 aromatic heterocycles. The number of nitrogens with one attached hydrogen (secondary N) is 2. The molecule has 1 amide bonds. The Hall–Kier alpha value is -1.01. The topological polar surface area (TPSA) is 78.0 Å². The number of carbonyl (C=O) groups is 1. The number of hydrogen-bond acceptors (Lipinski definition) is 4. The van der Waals surface area contributed by atoms with Crippen molar-refractivity contribution in [2.24, 2.45) is 0 Å². The first-order valence-corrected chi connectivity index (χ1v) is 7.32. The number of thioether (sulfide) groups is 1. The lowest BCUT2D eigenvalue weighted by Crippen LogP contribution is -2.26. The first-order valence-electron chi connectivity index (χ1n) is 6.17. The van der Waals surface area contributed by atoms with Gasteiger partial charge in [0.15, 0.2) is 0 Å². The fourth-order valence-electron chi connectivity index (χ4n) is 1.34. The van der Waals surface area contributed by atoms with E-state index < -0.39 is 0 Å². The zero-order valence-corrected chi connectivity index (χ0v) is 11.7. The zero-order valence-electron chi connectivity index (χ0n) is 10.9. The predicted molar refractivity (Wildman–Crippen MR) is 74.0 cm³/mol. The molecule has 0 aliphatic heterocycles. The van der Waals surface area contributed by atoms with Crippen molar-refractivity contribution in [3.05, 3.63) is 17.5 Å². The molecule has 102 valence electrons. The Labute approximate surface area is 112 Å². The van der Waals surface area contributed by atoms with Crippen molar-refractivity contribution in [3.63, 3.8) is 0 Å². The first-order chi connectivity index (χ1) is 8.65. The third-order valence-electron chi connectivity index (χ3n) is 2.43. The van der Waals surface area contributed by atoms with E-state index in [0.29, 0.717) is 18.2 Å². The van der Waals surface area contributed by atoms with Crippen LogP contribution in [0.1, 0.15) is 42.4 Å². The lowest BCUT2D eigenvalue weighted by molar-refractivity contribution is 0.0951. The average Bonchev–Trinajstić information content (AvgIpc) is 2.83. The Morgan fingerprint density at radius 3 is 2.94 bits per heavy atom. The summed E-state index contributed by atoms with van der Waals surface area (Å²) in [5.41, 5.74) is 1.41. The van der Waals surface area contributed by atoms with Crippen LogP contribution in [0.2, 0.25) is 0 Å². The Morgan fingerprint density at radius 1 is 1.56 bits per heavy atom. The Balaban J connectivity index is 2.23. The van der Waals surface area contributed by atoms with E-state index in [1.165, 1.54) is 0 Å². The van der Waals surface area contributed by atoms with Gasteiger partial charge in [0.05, 0.1) is 0 Å². The average molecular weight is 271 g/mol. The fraction of sp³-hybridized carbons (Fsp3) is 0.667. The first kappa shape index (κ1) is 15.0. The van der Waals surface area contributed by atoms with Gasteiger partial charge in [-0.1, -0.05) is 13.8 Å². The van der Waals surface area contributed by atoms with Crippen molar-refractivity contribution in [2.45, 2.75) is 26.2 Å². The van der Waals surface area contributed by atoms with Crippen LogP contribution < -0.4 is 5.32 Å². The van der Waals surface area contributed by atoms with Gasteiger partial charge in [0.2, 0.25) is 0 Å². The summed E-state index contributed by atoms with van der Waals surface area (Å²) in [6.07, 6.45) is 0.801. The van der Waals surface area contributed by atoms with Crippen LogP contribution >= 0.6 is 11.8 Å². The maximum atomic E-state index is 11.7. The Morgan fingerprint density at radius 2 is 2.33 bits per heavy atom. The number of aliphatic hydroxyl groups excluding tert-OH is 1. The molecule has 0 bridgehead atoms. The van der Waals surface area contributed by atoms with E-state index in [1.54, 1.807) is 17.8 Å². The molecule has 0 atom stereocenters. The lowest BCUT2D eigenvalue weighted by atomic mass is 10.1. The summed E-state index contributed by atoms with van der Waals surface area (Å²) in [4.78, 5) is 11.7. The summed E-state index contributed by atoms with van der Waals surface area (Å²) < 4.78 is 0. The molecule has 0 aromatic carbocycles. The van der Waals surface area contributed by atoms with E-state index in [0.717, 1.165) is 23.6 Å². The third-order valence-corrected chi connectivity index (χ3v) is 3.50. The molecule has 0 saturated carbocycles. The van der Waals surface area contributed by atoms with E-state index in [-0.39, 0.29) is 12.5 Å². The Bertz CT molecular complexity index is 366.